The van der Waals surface area contributed by atoms with Gasteiger partial charge in [0.2, 0.25) is 10.0 Å². The van der Waals surface area contributed by atoms with Crippen molar-refractivity contribution >= 4 is 15.7 Å². The number of rotatable bonds is 6. The van der Waals surface area contributed by atoms with Crippen molar-refractivity contribution in [3.8, 4) is 0 Å². The first-order valence-electron chi connectivity index (χ1n) is 5.47. The van der Waals surface area contributed by atoms with Crippen LogP contribution in [-0.2, 0) is 10.0 Å². The minimum absolute atomic E-state index is 0.185. The van der Waals surface area contributed by atoms with Crippen molar-refractivity contribution in [3.63, 3.8) is 0 Å². The molecule has 102 valence electrons. The van der Waals surface area contributed by atoms with E-state index in [0.29, 0.717) is 13.0 Å². The number of aryl methyl sites for hydroxylation is 1. The minimum Gasteiger partial charge on any atom is -0.320 e. The van der Waals surface area contributed by atoms with E-state index in [-0.39, 0.29) is 11.3 Å². The quantitative estimate of drug-likeness (QED) is 0.778. The van der Waals surface area contributed by atoms with Gasteiger partial charge in [0, 0.05) is 0 Å². The van der Waals surface area contributed by atoms with Crippen LogP contribution in [0.3, 0.4) is 0 Å². The maximum atomic E-state index is 13.6. The highest BCUT2D eigenvalue weighted by molar-refractivity contribution is 7.92. The predicted molar refractivity (Wildman–Crippen MR) is 67.0 cm³/mol. The van der Waals surface area contributed by atoms with Gasteiger partial charge in [-0.25, -0.2) is 17.2 Å². The highest BCUT2D eigenvalue weighted by Gasteiger charge is 2.17. The number of benzene rings is 1. The summed E-state index contributed by atoms with van der Waals surface area (Å²) in [4.78, 5) is 0. The van der Waals surface area contributed by atoms with Crippen molar-refractivity contribution in [1.82, 2.24) is 5.32 Å². The van der Waals surface area contributed by atoms with E-state index in [4.69, 9.17) is 0 Å². The van der Waals surface area contributed by atoms with Crippen molar-refractivity contribution in [3.05, 3.63) is 29.3 Å². The molecule has 0 aromatic heterocycles. The van der Waals surface area contributed by atoms with E-state index >= 15 is 0 Å². The summed E-state index contributed by atoms with van der Waals surface area (Å²) in [5, 5.41) is 2.80. The topological polar surface area (TPSA) is 58.2 Å². The van der Waals surface area contributed by atoms with E-state index in [1.807, 2.05) is 4.72 Å². The van der Waals surface area contributed by atoms with Gasteiger partial charge in [0.05, 0.1) is 5.75 Å². The van der Waals surface area contributed by atoms with Crippen LogP contribution in [0.25, 0.3) is 0 Å². The number of hydrogen-bond donors (Lipinski definition) is 2. The second-order valence-electron chi connectivity index (χ2n) is 3.93. The largest absolute Gasteiger partial charge is 0.320 e. The van der Waals surface area contributed by atoms with Gasteiger partial charge >= 0.3 is 0 Å². The summed E-state index contributed by atoms with van der Waals surface area (Å²) in [5.74, 6) is -2.00. The molecule has 2 N–H and O–H groups in total. The summed E-state index contributed by atoms with van der Waals surface area (Å²) < 4.78 is 52.2. The van der Waals surface area contributed by atoms with Crippen LogP contribution in [0.5, 0.6) is 0 Å². The molecule has 0 saturated heterocycles. The highest BCUT2D eigenvalue weighted by atomic mass is 32.2. The molecule has 0 spiro atoms. The Labute approximate surface area is 105 Å². The molecule has 0 fully saturated rings. The SMILES string of the molecule is CNCCCS(=O)(=O)Nc1c(F)ccc(C)c1F. The zero-order valence-corrected chi connectivity index (χ0v) is 11.1. The summed E-state index contributed by atoms with van der Waals surface area (Å²) in [6, 6.07) is 2.29. The first kappa shape index (κ1) is 14.8. The van der Waals surface area contributed by atoms with Gasteiger partial charge < -0.3 is 5.32 Å². The van der Waals surface area contributed by atoms with Crippen molar-refractivity contribution in [2.45, 2.75) is 13.3 Å². The molecule has 0 saturated carbocycles. The molecular formula is C11H16F2N2O2S. The lowest BCUT2D eigenvalue weighted by molar-refractivity contribution is 0.577. The van der Waals surface area contributed by atoms with Crippen LogP contribution in [0.4, 0.5) is 14.5 Å². The molecule has 0 unspecified atom stereocenters. The standard InChI is InChI=1S/C11H16F2N2O2S/c1-8-4-5-9(12)11(10(8)13)15-18(16,17)7-3-6-14-2/h4-5,14-15H,3,6-7H2,1-2H3. The molecular weight excluding hydrogens is 262 g/mol. The number of hydrogen-bond acceptors (Lipinski definition) is 3. The van der Waals surface area contributed by atoms with E-state index in [2.05, 4.69) is 5.32 Å². The van der Waals surface area contributed by atoms with E-state index in [1.54, 1.807) is 7.05 Å². The monoisotopic (exact) mass is 278 g/mol. The number of anilines is 1. The third-order valence-corrected chi connectivity index (χ3v) is 3.72. The lowest BCUT2D eigenvalue weighted by Gasteiger charge is -2.11. The van der Waals surface area contributed by atoms with Gasteiger partial charge in [-0.2, -0.15) is 0 Å². The van der Waals surface area contributed by atoms with Crippen LogP contribution in [0, 0.1) is 18.6 Å². The average molecular weight is 278 g/mol. The average Bonchev–Trinajstić information content (AvgIpc) is 2.30. The predicted octanol–water partition coefficient (Wildman–Crippen LogP) is 1.62. The Kier molecular flexibility index (Phi) is 5.03. The Bertz CT molecular complexity index is 518. The molecule has 0 amide bonds. The molecule has 0 aliphatic heterocycles. The summed E-state index contributed by atoms with van der Waals surface area (Å²) >= 11 is 0. The third kappa shape index (κ3) is 3.92. The summed E-state index contributed by atoms with van der Waals surface area (Å²) in [6.45, 7) is 1.95. The molecule has 1 aromatic carbocycles. The normalized spacial score (nSPS) is 11.6. The first-order chi connectivity index (χ1) is 8.37. The molecule has 0 heterocycles. The van der Waals surface area contributed by atoms with Crippen LogP contribution in [0.15, 0.2) is 12.1 Å². The molecule has 1 rings (SSSR count). The molecule has 0 bridgehead atoms. The van der Waals surface area contributed by atoms with Gasteiger partial charge in [-0.1, -0.05) is 6.07 Å². The van der Waals surface area contributed by atoms with Crippen LogP contribution >= 0.6 is 0 Å². The smallest absolute Gasteiger partial charge is 0.232 e. The zero-order valence-electron chi connectivity index (χ0n) is 10.3. The summed E-state index contributed by atoms with van der Waals surface area (Å²) in [7, 11) is -2.04. The first-order valence-corrected chi connectivity index (χ1v) is 7.12. The number of nitrogens with one attached hydrogen (secondary N) is 2. The molecule has 0 aliphatic carbocycles. The Morgan fingerprint density at radius 1 is 1.28 bits per heavy atom. The van der Waals surface area contributed by atoms with E-state index in [0.717, 1.165) is 6.07 Å². The Balaban J connectivity index is 2.87. The van der Waals surface area contributed by atoms with Gasteiger partial charge in [0.1, 0.15) is 11.5 Å². The molecule has 7 heteroatoms. The van der Waals surface area contributed by atoms with Gasteiger partial charge in [0.25, 0.3) is 0 Å². The maximum Gasteiger partial charge on any atom is 0.232 e. The van der Waals surface area contributed by atoms with Crippen LogP contribution in [0.2, 0.25) is 0 Å². The molecule has 0 aliphatic rings. The Hall–Kier alpha value is -1.21. The zero-order chi connectivity index (χ0) is 13.8. The van der Waals surface area contributed by atoms with E-state index in [9.17, 15) is 17.2 Å². The van der Waals surface area contributed by atoms with Gasteiger partial charge in [0.15, 0.2) is 5.82 Å². The van der Waals surface area contributed by atoms with Crippen molar-refractivity contribution in [2.75, 3.05) is 24.1 Å². The molecule has 0 atom stereocenters. The van der Waals surface area contributed by atoms with Crippen LogP contribution < -0.4 is 10.0 Å². The third-order valence-electron chi connectivity index (χ3n) is 2.38. The van der Waals surface area contributed by atoms with E-state index < -0.39 is 27.3 Å². The molecule has 18 heavy (non-hydrogen) atoms. The second kappa shape index (κ2) is 6.10. The van der Waals surface area contributed by atoms with Gasteiger partial charge in [-0.3, -0.25) is 4.72 Å². The van der Waals surface area contributed by atoms with E-state index in [1.165, 1.54) is 13.0 Å². The van der Waals surface area contributed by atoms with Crippen LogP contribution in [-0.4, -0.2) is 27.8 Å². The lowest BCUT2D eigenvalue weighted by Crippen LogP contribution is -2.21. The Morgan fingerprint density at radius 2 is 1.94 bits per heavy atom. The molecule has 4 nitrogen and oxygen atoms in total. The fourth-order valence-electron chi connectivity index (χ4n) is 1.40. The van der Waals surface area contributed by atoms with Crippen molar-refractivity contribution in [2.24, 2.45) is 0 Å². The second-order valence-corrected chi connectivity index (χ2v) is 5.77. The highest BCUT2D eigenvalue weighted by Crippen LogP contribution is 2.22. The molecule has 1 aromatic rings. The maximum absolute atomic E-state index is 13.6. The summed E-state index contributed by atoms with van der Waals surface area (Å²) in [5.41, 5.74) is -0.427. The van der Waals surface area contributed by atoms with Gasteiger partial charge in [-0.05, 0) is 38.6 Å². The Morgan fingerprint density at radius 3 is 2.56 bits per heavy atom. The lowest BCUT2D eigenvalue weighted by atomic mass is 10.2. The number of halogens is 2. The van der Waals surface area contributed by atoms with Crippen LogP contribution in [0.1, 0.15) is 12.0 Å². The van der Waals surface area contributed by atoms with Crippen molar-refractivity contribution < 1.29 is 17.2 Å². The minimum atomic E-state index is -3.74. The summed E-state index contributed by atoms with van der Waals surface area (Å²) in [6.07, 6.45) is 0.362. The van der Waals surface area contributed by atoms with Gasteiger partial charge in [-0.15, -0.1) is 0 Å². The molecule has 0 radical (unpaired) electrons. The fourth-order valence-corrected chi connectivity index (χ4v) is 2.52. The van der Waals surface area contributed by atoms with Crippen molar-refractivity contribution in [1.29, 1.82) is 0 Å². The fraction of sp³-hybridized carbons (Fsp3) is 0.455. The number of sulfonamides is 1.